The summed E-state index contributed by atoms with van der Waals surface area (Å²) in [7, 11) is 0. The average Bonchev–Trinajstić information content (AvgIpc) is 3.25. The number of carbonyl (C=O) groups excluding carboxylic acids is 4. The van der Waals surface area contributed by atoms with Gasteiger partial charge < -0.3 is 29.6 Å². The number of ketones is 2. The fourth-order valence-electron chi connectivity index (χ4n) is 3.89. The second kappa shape index (κ2) is 12.0. The number of rotatable bonds is 12. The third-order valence-electron chi connectivity index (χ3n) is 5.53. The molecule has 0 aromatic heterocycles. The summed E-state index contributed by atoms with van der Waals surface area (Å²) in [6, 6.07) is 4.41. The number of allylic oxidation sites excluding steroid dienone is 1. The Kier molecular flexibility index (Phi) is 8.82. The smallest absolute Gasteiger partial charge is 0.344 e. The molecule has 2 unspecified atom stereocenters. The lowest BCUT2D eigenvalue weighted by molar-refractivity contribution is -0.146. The van der Waals surface area contributed by atoms with Crippen LogP contribution in [0.1, 0.15) is 24.2 Å². The summed E-state index contributed by atoms with van der Waals surface area (Å²) in [5.41, 5.74) is 6.47. The van der Waals surface area contributed by atoms with Gasteiger partial charge in [-0.05, 0) is 31.6 Å². The zero-order valence-corrected chi connectivity index (χ0v) is 20.2. The largest absolute Gasteiger partial charge is 0.482 e. The molecule has 1 aliphatic carbocycles. The molecular formula is C25H29N3O8. The van der Waals surface area contributed by atoms with Crippen molar-refractivity contribution in [1.29, 1.82) is 5.41 Å². The maximum absolute atomic E-state index is 13.2. The van der Waals surface area contributed by atoms with Crippen LogP contribution in [0.2, 0.25) is 0 Å². The predicted octanol–water partition coefficient (Wildman–Crippen LogP) is 1.26. The van der Waals surface area contributed by atoms with E-state index >= 15 is 0 Å². The molecule has 1 aliphatic heterocycles. The van der Waals surface area contributed by atoms with Crippen LogP contribution in [0.15, 0.2) is 42.1 Å². The van der Waals surface area contributed by atoms with Crippen molar-refractivity contribution >= 4 is 29.3 Å². The zero-order valence-electron chi connectivity index (χ0n) is 20.2. The lowest BCUT2D eigenvalue weighted by Crippen LogP contribution is -2.37. The first-order chi connectivity index (χ1) is 17.2. The minimum atomic E-state index is -0.757. The van der Waals surface area contributed by atoms with Crippen LogP contribution in [0, 0.1) is 17.2 Å². The van der Waals surface area contributed by atoms with Crippen molar-refractivity contribution in [2.75, 3.05) is 39.5 Å². The van der Waals surface area contributed by atoms with Crippen molar-refractivity contribution in [1.82, 2.24) is 4.90 Å². The van der Waals surface area contributed by atoms with Gasteiger partial charge in [0.1, 0.15) is 17.3 Å². The first-order valence-corrected chi connectivity index (χ1v) is 11.5. The first kappa shape index (κ1) is 26.5. The molecule has 3 N–H and O–H groups in total. The summed E-state index contributed by atoms with van der Waals surface area (Å²) in [5.74, 6) is -2.74. The Balaban J connectivity index is 1.73. The Morgan fingerprint density at radius 3 is 2.39 bits per heavy atom. The van der Waals surface area contributed by atoms with Gasteiger partial charge in [0.2, 0.25) is 0 Å². The summed E-state index contributed by atoms with van der Waals surface area (Å²) < 4.78 is 20.7. The van der Waals surface area contributed by atoms with Crippen LogP contribution < -0.4 is 15.2 Å². The highest BCUT2D eigenvalue weighted by Gasteiger charge is 2.37. The Labute approximate surface area is 208 Å². The van der Waals surface area contributed by atoms with Gasteiger partial charge in [0.15, 0.2) is 24.8 Å². The van der Waals surface area contributed by atoms with Crippen molar-refractivity contribution in [2.45, 2.75) is 13.8 Å². The Morgan fingerprint density at radius 2 is 1.75 bits per heavy atom. The minimum Gasteiger partial charge on any atom is -0.482 e. The number of fused-ring (bicyclic) bond motifs is 1. The zero-order chi connectivity index (χ0) is 26.2. The summed E-state index contributed by atoms with van der Waals surface area (Å²) >= 11 is 0. The number of nitrogens with two attached hydrogens (primary N) is 1. The van der Waals surface area contributed by atoms with Crippen LogP contribution in [-0.4, -0.2) is 73.8 Å². The monoisotopic (exact) mass is 499 g/mol. The highest BCUT2D eigenvalue weighted by molar-refractivity contribution is 6.07. The molecule has 11 nitrogen and oxygen atoms in total. The van der Waals surface area contributed by atoms with E-state index in [1.54, 1.807) is 37.1 Å². The van der Waals surface area contributed by atoms with Crippen molar-refractivity contribution in [3.8, 4) is 11.5 Å². The average molecular weight is 500 g/mol. The van der Waals surface area contributed by atoms with Crippen LogP contribution in [0.5, 0.6) is 11.5 Å². The van der Waals surface area contributed by atoms with Gasteiger partial charge in [0, 0.05) is 18.8 Å². The molecule has 36 heavy (non-hydrogen) atoms. The summed E-state index contributed by atoms with van der Waals surface area (Å²) in [6.45, 7) is 3.22. The van der Waals surface area contributed by atoms with Gasteiger partial charge in [-0.2, -0.15) is 0 Å². The van der Waals surface area contributed by atoms with E-state index in [0.29, 0.717) is 0 Å². The number of hydrogen-bond acceptors (Lipinski definition) is 10. The molecule has 1 heterocycles. The van der Waals surface area contributed by atoms with Gasteiger partial charge in [-0.25, -0.2) is 9.59 Å². The number of Topliss-reactive ketones (excluding diaryl/α,β-unsaturated/α-hetero) is 2. The van der Waals surface area contributed by atoms with E-state index in [0.717, 1.165) is 5.57 Å². The maximum Gasteiger partial charge on any atom is 0.344 e. The predicted molar refractivity (Wildman–Crippen MR) is 128 cm³/mol. The van der Waals surface area contributed by atoms with E-state index in [1.165, 1.54) is 18.2 Å². The highest BCUT2D eigenvalue weighted by atomic mass is 16.6. The SMILES string of the molecule is CCOC(=O)COc1ccc(C(=O)CN2C=C3C=CC(C(=N)N)C(=O)C3C2)c(OCC(=O)OCC)c1. The van der Waals surface area contributed by atoms with E-state index in [1.807, 2.05) is 0 Å². The Hall–Kier alpha value is -4.15. The molecule has 0 amide bonds. The van der Waals surface area contributed by atoms with Crippen LogP contribution in [0.4, 0.5) is 0 Å². The Morgan fingerprint density at radius 1 is 1.08 bits per heavy atom. The van der Waals surface area contributed by atoms with Gasteiger partial charge in [0.25, 0.3) is 0 Å². The van der Waals surface area contributed by atoms with Crippen LogP contribution in [-0.2, 0) is 23.9 Å². The lowest BCUT2D eigenvalue weighted by atomic mass is 9.83. The minimum absolute atomic E-state index is 0.0509. The third-order valence-corrected chi connectivity index (χ3v) is 5.53. The molecule has 2 atom stereocenters. The third kappa shape index (κ3) is 6.49. The molecule has 0 fully saturated rings. The van der Waals surface area contributed by atoms with Gasteiger partial charge in [0.05, 0.1) is 37.2 Å². The molecule has 11 heteroatoms. The van der Waals surface area contributed by atoms with Crippen LogP contribution >= 0.6 is 0 Å². The fourth-order valence-corrected chi connectivity index (χ4v) is 3.89. The number of ether oxygens (including phenoxy) is 4. The fraction of sp³-hybridized carbons (Fsp3) is 0.400. The number of esters is 2. The van der Waals surface area contributed by atoms with E-state index in [2.05, 4.69) is 0 Å². The van der Waals surface area contributed by atoms with Crippen LogP contribution in [0.3, 0.4) is 0 Å². The van der Waals surface area contributed by atoms with E-state index < -0.39 is 30.4 Å². The van der Waals surface area contributed by atoms with E-state index in [9.17, 15) is 19.2 Å². The molecule has 1 aromatic rings. The van der Waals surface area contributed by atoms with Gasteiger partial charge in [-0.1, -0.05) is 12.2 Å². The summed E-state index contributed by atoms with van der Waals surface area (Å²) in [6.07, 6.45) is 5.09. The molecule has 0 spiro atoms. The number of carbonyl (C=O) groups is 4. The second-order valence-electron chi connectivity index (χ2n) is 8.07. The highest BCUT2D eigenvalue weighted by Crippen LogP contribution is 2.32. The quantitative estimate of drug-likeness (QED) is 0.186. The van der Waals surface area contributed by atoms with Crippen molar-refractivity contribution < 1.29 is 38.1 Å². The number of benzene rings is 1. The van der Waals surface area contributed by atoms with Gasteiger partial charge in [-0.15, -0.1) is 0 Å². The van der Waals surface area contributed by atoms with E-state index in [-0.39, 0.29) is 67.4 Å². The molecule has 2 aliphatic rings. The summed E-state index contributed by atoms with van der Waals surface area (Å²) in [4.78, 5) is 50.9. The van der Waals surface area contributed by atoms with Crippen LogP contribution in [0.25, 0.3) is 0 Å². The topological polar surface area (TPSA) is 158 Å². The maximum atomic E-state index is 13.2. The number of nitrogens with one attached hydrogen (secondary N) is 1. The molecule has 0 saturated carbocycles. The second-order valence-corrected chi connectivity index (χ2v) is 8.07. The first-order valence-electron chi connectivity index (χ1n) is 11.5. The Bertz CT molecular complexity index is 1110. The number of amidine groups is 1. The molecule has 0 radical (unpaired) electrons. The molecule has 1 aromatic carbocycles. The van der Waals surface area contributed by atoms with E-state index in [4.69, 9.17) is 30.1 Å². The van der Waals surface area contributed by atoms with Crippen molar-refractivity contribution in [3.63, 3.8) is 0 Å². The van der Waals surface area contributed by atoms with Gasteiger partial charge >= 0.3 is 11.9 Å². The van der Waals surface area contributed by atoms with Crippen molar-refractivity contribution in [3.05, 3.63) is 47.7 Å². The van der Waals surface area contributed by atoms with Gasteiger partial charge in [-0.3, -0.25) is 15.0 Å². The molecule has 192 valence electrons. The molecule has 0 saturated heterocycles. The normalized spacial score (nSPS) is 18.2. The summed E-state index contributed by atoms with van der Waals surface area (Å²) in [5, 5.41) is 7.59. The number of hydrogen-bond donors (Lipinski definition) is 2. The molecule has 0 bridgehead atoms. The van der Waals surface area contributed by atoms with Crippen molar-refractivity contribution in [2.24, 2.45) is 17.6 Å². The standard InChI is InChI=1S/C25H29N3O8/c1-3-33-22(30)13-35-16-6-8-17(21(9-16)36-14-23(31)34-4-2)20(29)12-28-10-15-5-7-18(25(26)27)24(32)19(15)11-28/h5-10,18-19H,3-4,11-14H2,1-2H3,(H3,26,27). The number of nitrogens with zero attached hydrogens (tertiary/aromatic N) is 1. The lowest BCUT2D eigenvalue weighted by Gasteiger charge is -2.22. The molecule has 3 rings (SSSR count). The molecular weight excluding hydrogens is 470 g/mol.